The van der Waals surface area contributed by atoms with Crippen molar-refractivity contribution in [2.45, 2.75) is 46.0 Å². The highest BCUT2D eigenvalue weighted by atomic mass is 32.1. The maximum Gasteiger partial charge on any atom is 0.265 e. The predicted octanol–water partition coefficient (Wildman–Crippen LogP) is 4.56. The van der Waals surface area contributed by atoms with Gasteiger partial charge in [0.15, 0.2) is 0 Å². The summed E-state index contributed by atoms with van der Waals surface area (Å²) in [5.41, 5.74) is 1.81. The Morgan fingerprint density at radius 1 is 1.21 bits per heavy atom. The number of likely N-dealkylation sites (tertiary alicyclic amines) is 1. The van der Waals surface area contributed by atoms with Gasteiger partial charge in [-0.1, -0.05) is 5.16 Å². The van der Waals surface area contributed by atoms with Crippen LogP contribution in [-0.2, 0) is 0 Å². The Balaban J connectivity index is 1.54. The average Bonchev–Trinajstić information content (AvgIpc) is 3.22. The number of fused-ring (bicyclic) bond motifs is 1. The lowest BCUT2D eigenvalue weighted by Gasteiger charge is -2.31. The molecule has 1 saturated heterocycles. The van der Waals surface area contributed by atoms with Gasteiger partial charge in [-0.2, -0.15) is 0 Å². The van der Waals surface area contributed by atoms with E-state index in [-0.39, 0.29) is 23.1 Å². The largest absolute Gasteiger partial charge is 0.338 e. The number of amides is 1. The summed E-state index contributed by atoms with van der Waals surface area (Å²) in [4.78, 5) is 24.0. The fourth-order valence-electron chi connectivity index (χ4n) is 3.78. The van der Waals surface area contributed by atoms with Crippen LogP contribution in [0.15, 0.2) is 10.6 Å². The van der Waals surface area contributed by atoms with Crippen molar-refractivity contribution in [1.82, 2.24) is 20.0 Å². The second-order valence-electron chi connectivity index (χ2n) is 7.10. The van der Waals surface area contributed by atoms with E-state index in [0.717, 1.165) is 10.7 Å². The molecule has 0 radical (unpaired) electrons. The van der Waals surface area contributed by atoms with Crippen molar-refractivity contribution >= 4 is 28.3 Å². The number of rotatable bonds is 3. The van der Waals surface area contributed by atoms with E-state index in [0.29, 0.717) is 47.6 Å². The van der Waals surface area contributed by atoms with Crippen molar-refractivity contribution in [3.63, 3.8) is 0 Å². The van der Waals surface area contributed by atoms with E-state index in [1.54, 1.807) is 6.92 Å². The molecular weight excluding hydrogens is 386 g/mol. The first-order valence-electron chi connectivity index (χ1n) is 9.13. The van der Waals surface area contributed by atoms with Gasteiger partial charge < -0.3 is 9.42 Å². The molecule has 1 amide bonds. The highest BCUT2D eigenvalue weighted by Gasteiger charge is 2.29. The Labute approximate surface area is 164 Å². The second-order valence-corrected chi connectivity index (χ2v) is 8.30. The number of piperidine rings is 1. The van der Waals surface area contributed by atoms with Crippen molar-refractivity contribution in [2.75, 3.05) is 13.1 Å². The minimum Gasteiger partial charge on any atom is -0.338 e. The zero-order valence-electron chi connectivity index (χ0n) is 15.8. The van der Waals surface area contributed by atoms with Crippen LogP contribution in [0.3, 0.4) is 0 Å². The van der Waals surface area contributed by atoms with Gasteiger partial charge >= 0.3 is 0 Å². The van der Waals surface area contributed by atoms with Crippen LogP contribution in [0.25, 0.3) is 11.1 Å². The lowest BCUT2D eigenvalue weighted by Crippen LogP contribution is -2.38. The van der Waals surface area contributed by atoms with Crippen molar-refractivity contribution in [3.05, 3.63) is 38.6 Å². The third kappa shape index (κ3) is 3.28. The average molecular weight is 406 g/mol. The maximum atomic E-state index is 13.5. The summed E-state index contributed by atoms with van der Waals surface area (Å²) < 4.78 is 32.2. The second kappa shape index (κ2) is 7.20. The Morgan fingerprint density at radius 3 is 2.54 bits per heavy atom. The Kier molecular flexibility index (Phi) is 4.86. The van der Waals surface area contributed by atoms with Crippen molar-refractivity contribution < 1.29 is 18.1 Å². The number of hydrogen-bond acceptors (Lipinski definition) is 6. The fourth-order valence-corrected chi connectivity index (χ4v) is 4.67. The fraction of sp³-hybridized carbons (Fsp3) is 0.474. The maximum absolute atomic E-state index is 13.5. The van der Waals surface area contributed by atoms with E-state index in [4.69, 9.17) is 4.52 Å². The number of alkyl halides is 2. The number of aryl methyl sites for hydroxylation is 3. The quantitative estimate of drug-likeness (QED) is 0.637. The molecule has 0 bridgehead atoms. The van der Waals surface area contributed by atoms with Crippen LogP contribution in [0, 0.1) is 20.8 Å². The molecule has 1 aliphatic rings. The van der Waals surface area contributed by atoms with Gasteiger partial charge in [0.05, 0.1) is 21.8 Å². The lowest BCUT2D eigenvalue weighted by atomic mass is 9.91. The molecule has 28 heavy (non-hydrogen) atoms. The minimum absolute atomic E-state index is 0.000602. The van der Waals surface area contributed by atoms with Crippen molar-refractivity contribution in [1.29, 1.82) is 0 Å². The van der Waals surface area contributed by atoms with E-state index in [1.807, 2.05) is 18.7 Å². The zero-order chi connectivity index (χ0) is 20.0. The van der Waals surface area contributed by atoms with Gasteiger partial charge in [-0.15, -0.1) is 11.3 Å². The Bertz CT molecular complexity index is 1040. The summed E-state index contributed by atoms with van der Waals surface area (Å²) in [6, 6.07) is 1.47. The number of carbonyl (C=O) groups is 1. The normalized spacial score (nSPS) is 15.7. The highest BCUT2D eigenvalue weighted by Crippen LogP contribution is 2.35. The molecule has 3 aromatic rings. The van der Waals surface area contributed by atoms with E-state index < -0.39 is 6.43 Å². The highest BCUT2D eigenvalue weighted by molar-refractivity contribution is 7.13. The smallest absolute Gasteiger partial charge is 0.265 e. The number of hydrogen-bond donors (Lipinski definition) is 0. The number of carbonyl (C=O) groups excluding carboxylic acids is 1. The van der Waals surface area contributed by atoms with Crippen molar-refractivity contribution in [3.8, 4) is 0 Å². The first kappa shape index (κ1) is 18.9. The van der Waals surface area contributed by atoms with Crippen LogP contribution < -0.4 is 0 Å². The van der Waals surface area contributed by atoms with E-state index in [9.17, 15) is 13.6 Å². The van der Waals surface area contributed by atoms with Crippen LogP contribution in [-0.4, -0.2) is 39.0 Å². The van der Waals surface area contributed by atoms with Gasteiger partial charge in [0.25, 0.3) is 18.0 Å². The van der Waals surface area contributed by atoms with E-state index in [1.165, 1.54) is 17.4 Å². The number of aromatic nitrogens is 3. The number of pyridine rings is 1. The van der Waals surface area contributed by atoms with Gasteiger partial charge in [-0.05, 0) is 39.7 Å². The molecular formula is C19H20F2N4O2S. The predicted molar refractivity (Wildman–Crippen MR) is 101 cm³/mol. The van der Waals surface area contributed by atoms with Crippen molar-refractivity contribution in [2.24, 2.45) is 0 Å². The molecule has 1 fully saturated rings. The minimum atomic E-state index is -2.62. The molecule has 0 N–H and O–H groups in total. The zero-order valence-corrected chi connectivity index (χ0v) is 16.6. The molecule has 0 unspecified atom stereocenters. The molecule has 6 nitrogen and oxygen atoms in total. The monoisotopic (exact) mass is 406 g/mol. The summed E-state index contributed by atoms with van der Waals surface area (Å²) >= 11 is 1.40. The summed E-state index contributed by atoms with van der Waals surface area (Å²) in [5.74, 6) is -0.00950. The molecule has 148 valence electrons. The summed E-state index contributed by atoms with van der Waals surface area (Å²) in [6.45, 7) is 6.46. The molecule has 9 heteroatoms. The van der Waals surface area contributed by atoms with Crippen LogP contribution >= 0.6 is 11.3 Å². The van der Waals surface area contributed by atoms with Crippen LogP contribution in [0.1, 0.15) is 62.5 Å². The third-order valence-corrected chi connectivity index (χ3v) is 6.26. The number of nitrogens with zero attached hydrogens (tertiary/aromatic N) is 4. The molecule has 0 aromatic carbocycles. The molecule has 0 atom stereocenters. The molecule has 4 rings (SSSR count). The van der Waals surface area contributed by atoms with Gasteiger partial charge in [0, 0.05) is 30.3 Å². The first-order chi connectivity index (χ1) is 13.3. The van der Waals surface area contributed by atoms with Crippen LogP contribution in [0.2, 0.25) is 0 Å². The molecule has 0 aliphatic carbocycles. The van der Waals surface area contributed by atoms with Crippen LogP contribution in [0.5, 0.6) is 0 Å². The lowest BCUT2D eigenvalue weighted by molar-refractivity contribution is 0.0716. The molecule has 1 aliphatic heterocycles. The van der Waals surface area contributed by atoms with Crippen LogP contribution in [0.4, 0.5) is 8.78 Å². The van der Waals surface area contributed by atoms with E-state index >= 15 is 0 Å². The Morgan fingerprint density at radius 2 is 1.93 bits per heavy atom. The number of halogens is 2. The third-order valence-electron chi connectivity index (χ3n) is 5.20. The molecule has 0 spiro atoms. The first-order valence-corrected chi connectivity index (χ1v) is 9.95. The summed E-state index contributed by atoms with van der Waals surface area (Å²) in [6.07, 6.45) is -1.30. The van der Waals surface area contributed by atoms with Gasteiger partial charge in [0.1, 0.15) is 4.88 Å². The summed E-state index contributed by atoms with van der Waals surface area (Å²) in [5, 5.41) is 4.94. The molecule has 0 saturated carbocycles. The van der Waals surface area contributed by atoms with Gasteiger partial charge in [-0.25, -0.2) is 18.7 Å². The topological polar surface area (TPSA) is 72.1 Å². The molecule has 3 aromatic heterocycles. The van der Waals surface area contributed by atoms with Gasteiger partial charge in [0.2, 0.25) is 0 Å². The SMILES string of the molecule is Cc1nc(C)c(C(=O)N2CCC(c3cc(C(F)F)c4c(C)noc4n3)CC2)s1. The van der Waals surface area contributed by atoms with Gasteiger partial charge in [-0.3, -0.25) is 4.79 Å². The Hall–Kier alpha value is -2.42. The van der Waals surface area contributed by atoms with E-state index in [2.05, 4.69) is 15.1 Å². The number of thiazole rings is 1. The molecule has 4 heterocycles. The standard InChI is InChI=1S/C19H20F2N4O2S/c1-9-15-13(17(20)21)8-14(23-18(15)27-24-9)12-4-6-25(7-5-12)19(26)16-10(2)22-11(3)28-16/h8,12,17H,4-7H2,1-3H3. The summed E-state index contributed by atoms with van der Waals surface area (Å²) in [7, 11) is 0.